The van der Waals surface area contributed by atoms with Crippen molar-refractivity contribution in [2.75, 3.05) is 13.7 Å². The van der Waals surface area contributed by atoms with Crippen LogP contribution in [0.4, 0.5) is 4.79 Å². The number of amides is 1. The Morgan fingerprint density at radius 2 is 1.58 bits per heavy atom. The number of methoxy groups -OCH3 is 1. The minimum atomic E-state index is -4.27. The van der Waals surface area contributed by atoms with Crippen LogP contribution in [0.2, 0.25) is 0 Å². The highest BCUT2D eigenvalue weighted by Gasteiger charge is 2.20. The van der Waals surface area contributed by atoms with Gasteiger partial charge in [0.2, 0.25) is 0 Å². The van der Waals surface area contributed by atoms with Gasteiger partial charge >= 0.3 is 27.3 Å². The summed E-state index contributed by atoms with van der Waals surface area (Å²) in [6.07, 6.45) is 0.431. The molecule has 0 aromatic heterocycles. The van der Waals surface area contributed by atoms with Crippen molar-refractivity contribution in [2.45, 2.75) is 44.6 Å². The van der Waals surface area contributed by atoms with Crippen molar-refractivity contribution in [2.24, 2.45) is 0 Å². The van der Waals surface area contributed by atoms with E-state index >= 15 is 0 Å². The number of hydrogen-bond acceptors (Lipinski definition) is 6. The first-order valence-electron chi connectivity index (χ1n) is 11.2. The van der Waals surface area contributed by atoms with Gasteiger partial charge in [-0.2, -0.15) is 0 Å². The van der Waals surface area contributed by atoms with E-state index in [4.69, 9.17) is 9.47 Å². The first kappa shape index (κ1) is 29.6. The monoisotopic (exact) mass is 625 g/mol. The van der Waals surface area contributed by atoms with Gasteiger partial charge in [-0.25, -0.2) is 13.2 Å². The summed E-state index contributed by atoms with van der Waals surface area (Å²) >= 11 is -0.267. The molecule has 0 saturated heterocycles. The molecule has 0 saturated carbocycles. The third-order valence-electron chi connectivity index (χ3n) is 4.59. The van der Waals surface area contributed by atoms with E-state index < -0.39 is 15.7 Å². The summed E-state index contributed by atoms with van der Waals surface area (Å²) in [5, 5.41) is 2.83. The Balaban J connectivity index is 0.000000346. The number of halogens is 1. The fraction of sp³-hybridized carbons (Fsp3) is 0.296. The molecular weight excluding hydrogens is 593 g/mol. The molecule has 0 unspecified atom stereocenters. The zero-order chi connectivity index (χ0) is 26.8. The van der Waals surface area contributed by atoms with Crippen LogP contribution in [0.15, 0.2) is 77.7 Å². The Labute approximate surface area is 224 Å². The van der Waals surface area contributed by atoms with Gasteiger partial charge < -0.3 is 19.3 Å². The summed E-state index contributed by atoms with van der Waals surface area (Å²) in [7, 11) is -2.59. The van der Waals surface area contributed by atoms with E-state index in [1.165, 1.54) is 24.8 Å². The highest BCUT2D eigenvalue weighted by Crippen LogP contribution is 2.09. The molecule has 0 bridgehead atoms. The highest BCUT2D eigenvalue weighted by atomic mass is 127. The Hall–Kier alpha value is -2.63. The third kappa shape index (κ3) is 11.0. The van der Waals surface area contributed by atoms with E-state index in [1.54, 1.807) is 19.2 Å². The van der Waals surface area contributed by atoms with Crippen LogP contribution in [-0.2, 0) is 21.3 Å². The fourth-order valence-electron chi connectivity index (χ4n) is 2.86. The zero-order valence-corrected chi connectivity index (χ0v) is 24.1. The number of hydrogen-bond donors (Lipinski definition) is 1. The predicted octanol–water partition coefficient (Wildman–Crippen LogP) is 1.79. The number of alkyl carbamates (subject to hydrolysis) is 1. The Morgan fingerprint density at radius 3 is 2.14 bits per heavy atom. The molecular formula is C27H32INO6S. The van der Waals surface area contributed by atoms with Gasteiger partial charge in [-0.3, -0.25) is 0 Å². The summed E-state index contributed by atoms with van der Waals surface area (Å²) in [4.78, 5) is 11.6. The predicted molar refractivity (Wildman–Crippen MR) is 134 cm³/mol. The van der Waals surface area contributed by atoms with E-state index in [0.29, 0.717) is 6.54 Å². The van der Waals surface area contributed by atoms with Crippen LogP contribution in [0.1, 0.15) is 31.9 Å². The molecule has 7 nitrogen and oxygen atoms in total. The van der Waals surface area contributed by atoms with Gasteiger partial charge in [-0.1, -0.05) is 35.9 Å². The number of rotatable bonds is 7. The molecule has 0 aliphatic carbocycles. The molecule has 0 heterocycles. The topological polar surface area (TPSA) is 105 Å². The maximum Gasteiger partial charge on any atom is 0.407 e. The number of ether oxygens (including phenoxy) is 2. The average molecular weight is 626 g/mol. The minimum absolute atomic E-state index is 0.178. The maximum atomic E-state index is 11.7. The van der Waals surface area contributed by atoms with Crippen molar-refractivity contribution >= 4 is 16.2 Å². The number of carbonyl (C=O) groups excluding carboxylic acids is 1. The minimum Gasteiger partial charge on any atom is -0.744 e. The van der Waals surface area contributed by atoms with E-state index in [0.717, 1.165) is 17.7 Å². The average Bonchev–Trinajstić information content (AvgIpc) is 2.80. The quantitative estimate of drug-likeness (QED) is 0.317. The molecule has 0 aliphatic rings. The molecule has 0 radical (unpaired) electrons. The second kappa shape index (κ2) is 13.6. The van der Waals surface area contributed by atoms with Gasteiger partial charge in [-0.15, -0.1) is 0 Å². The van der Waals surface area contributed by atoms with E-state index in [-0.39, 0.29) is 32.2 Å². The molecule has 0 spiro atoms. The lowest BCUT2D eigenvalue weighted by molar-refractivity contribution is -0.598. The number of carbonyl (C=O) groups is 1. The van der Waals surface area contributed by atoms with Crippen molar-refractivity contribution in [1.82, 2.24) is 5.32 Å². The standard InChI is InChI=1S/C20H24INO3.C7H8O3S/c1-20(2,3)25-19(23)22-14-13-15-7-5-6-8-18(15)21-16-9-11-17(24-4)12-10-16;1-6-2-4-7(5-3-6)11(8,9)10/h5-12H,13-14H2,1-4H3;2-5H,1H3,(H,8,9,10). The van der Waals surface area contributed by atoms with Crippen molar-refractivity contribution in [1.29, 1.82) is 0 Å². The van der Waals surface area contributed by atoms with E-state index in [9.17, 15) is 17.8 Å². The Morgan fingerprint density at radius 1 is 0.972 bits per heavy atom. The van der Waals surface area contributed by atoms with Gasteiger partial charge in [0.25, 0.3) is 0 Å². The molecule has 3 aromatic rings. The van der Waals surface area contributed by atoms with Crippen molar-refractivity contribution in [3.05, 3.63) is 91.1 Å². The van der Waals surface area contributed by atoms with E-state index in [2.05, 4.69) is 35.6 Å². The van der Waals surface area contributed by atoms with Crippen LogP contribution in [0, 0.1) is 14.1 Å². The second-order valence-electron chi connectivity index (χ2n) is 8.79. The number of nitrogens with one attached hydrogen (secondary N) is 1. The molecule has 1 amide bonds. The first-order chi connectivity index (χ1) is 16.9. The van der Waals surface area contributed by atoms with Crippen molar-refractivity contribution in [3.63, 3.8) is 0 Å². The molecule has 0 atom stereocenters. The molecule has 3 rings (SSSR count). The van der Waals surface area contributed by atoms with Crippen LogP contribution >= 0.6 is 0 Å². The van der Waals surface area contributed by atoms with E-state index in [1.807, 2.05) is 45.9 Å². The Kier molecular flexibility index (Phi) is 11.2. The van der Waals surface area contributed by atoms with Crippen LogP contribution in [-0.4, -0.2) is 38.3 Å². The van der Waals surface area contributed by atoms with Gasteiger partial charge in [0.15, 0.2) is 7.14 Å². The molecule has 0 aliphatic heterocycles. The Bertz CT molecular complexity index is 1220. The van der Waals surface area contributed by atoms with Gasteiger partial charge in [-0.05, 0) is 76.6 Å². The normalized spacial score (nSPS) is 11.2. The van der Waals surface area contributed by atoms with Crippen molar-refractivity contribution in [3.8, 4) is 5.75 Å². The molecule has 194 valence electrons. The summed E-state index contributed by atoms with van der Waals surface area (Å²) < 4.78 is 44.4. The molecule has 36 heavy (non-hydrogen) atoms. The summed E-state index contributed by atoms with van der Waals surface area (Å²) in [6.45, 7) is 7.98. The van der Waals surface area contributed by atoms with Crippen molar-refractivity contribution < 1.29 is 48.4 Å². The zero-order valence-electron chi connectivity index (χ0n) is 21.1. The summed E-state index contributed by atoms with van der Waals surface area (Å²) in [5.74, 6) is 0.877. The summed E-state index contributed by atoms with van der Waals surface area (Å²) in [5.41, 5.74) is 1.74. The smallest absolute Gasteiger partial charge is 0.407 e. The maximum absolute atomic E-state index is 11.7. The fourth-order valence-corrected chi connectivity index (χ4v) is 5.91. The second-order valence-corrected chi connectivity index (χ2v) is 13.1. The molecule has 0 fully saturated rings. The lowest BCUT2D eigenvalue weighted by atomic mass is 10.1. The van der Waals surface area contributed by atoms with Crippen LogP contribution < -0.4 is 31.3 Å². The first-order valence-corrected chi connectivity index (χ1v) is 14.8. The largest absolute Gasteiger partial charge is 0.744 e. The van der Waals surface area contributed by atoms with Crippen LogP contribution in [0.5, 0.6) is 5.75 Å². The number of benzene rings is 3. The third-order valence-corrected chi connectivity index (χ3v) is 8.42. The number of aryl methyl sites for hydroxylation is 1. The van der Waals surface area contributed by atoms with Gasteiger partial charge in [0, 0.05) is 12.1 Å². The van der Waals surface area contributed by atoms with Gasteiger partial charge in [0.1, 0.15) is 21.5 Å². The molecule has 9 heteroatoms. The highest BCUT2D eigenvalue weighted by molar-refractivity contribution is 7.85. The summed E-state index contributed by atoms with van der Waals surface area (Å²) in [6, 6.07) is 22.5. The SMILES string of the molecule is COc1ccc([I+]c2ccccc2CCNC(=O)OC(C)(C)C)cc1.Cc1ccc(S(=O)(=O)[O-])cc1. The molecule has 1 N–H and O–H groups in total. The molecule has 3 aromatic carbocycles. The van der Waals surface area contributed by atoms with Gasteiger partial charge in [0.05, 0.1) is 12.0 Å². The lowest BCUT2D eigenvalue weighted by Crippen LogP contribution is -3.61. The lowest BCUT2D eigenvalue weighted by Gasteiger charge is -2.19. The van der Waals surface area contributed by atoms with Crippen LogP contribution in [0.3, 0.4) is 0 Å². The van der Waals surface area contributed by atoms with Crippen LogP contribution in [0.25, 0.3) is 0 Å².